The van der Waals surface area contributed by atoms with Crippen LogP contribution in [-0.2, 0) is 0 Å². The second-order valence-corrected chi connectivity index (χ2v) is 11.8. The first-order chi connectivity index (χ1) is 19.6. The molecule has 3 aromatic rings. The van der Waals surface area contributed by atoms with E-state index in [0.29, 0.717) is 30.9 Å². The summed E-state index contributed by atoms with van der Waals surface area (Å²) < 4.78 is 90.2. The predicted molar refractivity (Wildman–Crippen MR) is 148 cm³/mol. The number of halogens is 6. The van der Waals surface area contributed by atoms with Crippen molar-refractivity contribution >= 4 is 0 Å². The van der Waals surface area contributed by atoms with Crippen molar-refractivity contribution in [2.45, 2.75) is 89.1 Å². The fraction of sp³-hybridized carbons (Fsp3) is 0.471. The van der Waals surface area contributed by atoms with Gasteiger partial charge in [-0.15, -0.1) is 0 Å². The lowest BCUT2D eigenvalue weighted by Gasteiger charge is -2.33. The summed E-state index contributed by atoms with van der Waals surface area (Å²) >= 11 is 0. The van der Waals surface area contributed by atoms with Crippen molar-refractivity contribution in [3.63, 3.8) is 0 Å². The Labute approximate surface area is 237 Å². The molecule has 220 valence electrons. The van der Waals surface area contributed by atoms with Crippen LogP contribution in [0.4, 0.5) is 26.3 Å². The van der Waals surface area contributed by atoms with Crippen molar-refractivity contribution in [1.29, 1.82) is 0 Å². The maximum Gasteiger partial charge on any atom is 0.400 e. The highest BCUT2D eigenvalue weighted by molar-refractivity contribution is 5.65. The van der Waals surface area contributed by atoms with Crippen molar-refractivity contribution in [3.8, 4) is 16.9 Å². The van der Waals surface area contributed by atoms with E-state index in [-0.39, 0.29) is 35.6 Å². The normalized spacial score (nSPS) is 23.4. The van der Waals surface area contributed by atoms with E-state index in [1.54, 1.807) is 0 Å². The molecule has 0 aromatic heterocycles. The van der Waals surface area contributed by atoms with E-state index in [1.165, 1.54) is 49.7 Å². The number of hydrogen-bond acceptors (Lipinski definition) is 1. The Morgan fingerprint density at radius 3 is 1.73 bits per heavy atom. The standard InChI is InChI=1S/C34H36F6O/c1-2-3-21-4-6-22(7-5-21)23-8-10-24(11-9-23)25-12-14-27(15-13-25)34(39,40)41-28-16-17-29(30(35)20-28)26-18-31(36)33(38)32(37)19-26/h8-11,16-22,25,27H,2-7,12-15H2,1H3. The van der Waals surface area contributed by atoms with Crippen molar-refractivity contribution < 1.29 is 31.1 Å². The molecule has 0 radical (unpaired) electrons. The van der Waals surface area contributed by atoms with Crippen LogP contribution in [-0.4, -0.2) is 6.11 Å². The van der Waals surface area contributed by atoms with Gasteiger partial charge < -0.3 is 4.74 Å². The molecule has 0 bridgehead atoms. The summed E-state index contributed by atoms with van der Waals surface area (Å²) in [6.07, 6.45) is 5.90. The van der Waals surface area contributed by atoms with Crippen molar-refractivity contribution in [1.82, 2.24) is 0 Å². The minimum absolute atomic E-state index is 0.213. The first-order valence-electron chi connectivity index (χ1n) is 14.8. The molecule has 2 aliphatic carbocycles. The summed E-state index contributed by atoms with van der Waals surface area (Å²) in [6, 6.07) is 13.0. The zero-order valence-electron chi connectivity index (χ0n) is 23.3. The molecule has 5 rings (SSSR count). The van der Waals surface area contributed by atoms with Crippen LogP contribution in [0, 0.1) is 35.1 Å². The molecule has 1 nitrogen and oxygen atoms in total. The van der Waals surface area contributed by atoms with Gasteiger partial charge in [-0.05, 0) is 110 Å². The second-order valence-electron chi connectivity index (χ2n) is 11.8. The second kappa shape index (κ2) is 12.5. The van der Waals surface area contributed by atoms with E-state index in [4.69, 9.17) is 4.74 Å². The Kier molecular flexibility index (Phi) is 9.00. The van der Waals surface area contributed by atoms with Crippen LogP contribution >= 0.6 is 0 Å². The summed E-state index contributed by atoms with van der Waals surface area (Å²) in [5.74, 6) is -5.33. The zero-order valence-corrected chi connectivity index (χ0v) is 23.3. The van der Waals surface area contributed by atoms with Gasteiger partial charge in [-0.1, -0.05) is 44.0 Å². The summed E-state index contributed by atoms with van der Waals surface area (Å²) in [5.41, 5.74) is 2.06. The van der Waals surface area contributed by atoms with Crippen LogP contribution < -0.4 is 4.74 Å². The van der Waals surface area contributed by atoms with Crippen molar-refractivity contribution in [2.75, 3.05) is 0 Å². The number of benzene rings is 3. The van der Waals surface area contributed by atoms with Gasteiger partial charge in [-0.2, -0.15) is 8.78 Å². The van der Waals surface area contributed by atoms with Crippen LogP contribution in [0.1, 0.15) is 94.1 Å². The van der Waals surface area contributed by atoms with Crippen LogP contribution in [0.3, 0.4) is 0 Å². The third-order valence-corrected chi connectivity index (χ3v) is 9.11. The third kappa shape index (κ3) is 6.76. The smallest absolute Gasteiger partial charge is 0.400 e. The van der Waals surface area contributed by atoms with Crippen molar-refractivity contribution in [3.05, 3.63) is 89.0 Å². The van der Waals surface area contributed by atoms with Gasteiger partial charge in [-0.25, -0.2) is 17.6 Å². The molecule has 0 spiro atoms. The maximum absolute atomic E-state index is 15.1. The minimum Gasteiger partial charge on any atom is -0.432 e. The molecule has 2 saturated carbocycles. The molecular formula is C34H36F6O. The van der Waals surface area contributed by atoms with Gasteiger partial charge in [0.2, 0.25) is 0 Å². The van der Waals surface area contributed by atoms with Gasteiger partial charge in [0.1, 0.15) is 11.6 Å². The van der Waals surface area contributed by atoms with Crippen LogP contribution in [0.25, 0.3) is 11.1 Å². The van der Waals surface area contributed by atoms with E-state index in [0.717, 1.165) is 24.1 Å². The average Bonchev–Trinajstić information content (AvgIpc) is 2.96. The number of rotatable bonds is 8. The Bertz CT molecular complexity index is 1300. The lowest BCUT2D eigenvalue weighted by atomic mass is 9.76. The average molecular weight is 575 g/mol. The zero-order chi connectivity index (χ0) is 29.1. The number of hydrogen-bond donors (Lipinski definition) is 0. The van der Waals surface area contributed by atoms with Crippen LogP contribution in [0.2, 0.25) is 0 Å². The topological polar surface area (TPSA) is 9.23 Å². The molecule has 0 saturated heterocycles. The van der Waals surface area contributed by atoms with E-state index < -0.39 is 35.3 Å². The van der Waals surface area contributed by atoms with E-state index in [9.17, 15) is 17.6 Å². The number of alkyl halides is 2. The molecule has 0 atom stereocenters. The molecule has 7 heteroatoms. The molecule has 2 aliphatic rings. The fourth-order valence-corrected chi connectivity index (χ4v) is 6.74. The molecule has 0 heterocycles. The summed E-state index contributed by atoms with van der Waals surface area (Å²) in [7, 11) is 0. The van der Waals surface area contributed by atoms with Gasteiger partial charge in [0, 0.05) is 11.6 Å². The minimum atomic E-state index is -3.51. The summed E-state index contributed by atoms with van der Waals surface area (Å²) in [6.45, 7) is 2.25. The lowest BCUT2D eigenvalue weighted by molar-refractivity contribution is -0.222. The Hall–Kier alpha value is -2.96. The quantitative estimate of drug-likeness (QED) is 0.192. The van der Waals surface area contributed by atoms with Crippen LogP contribution in [0.15, 0.2) is 54.6 Å². The molecule has 0 N–H and O–H groups in total. The van der Waals surface area contributed by atoms with E-state index in [2.05, 4.69) is 31.2 Å². The largest absolute Gasteiger partial charge is 0.432 e. The monoisotopic (exact) mass is 574 g/mol. The maximum atomic E-state index is 15.1. The predicted octanol–water partition coefficient (Wildman–Crippen LogP) is 10.9. The van der Waals surface area contributed by atoms with Gasteiger partial charge in [0.15, 0.2) is 17.5 Å². The SMILES string of the molecule is CCCC1CCC(c2ccc(C3CCC(C(F)(F)Oc4ccc(-c5cc(F)c(F)c(F)c5)c(F)c4)CC3)cc2)CC1. The first kappa shape index (κ1) is 29.5. The lowest BCUT2D eigenvalue weighted by Crippen LogP contribution is -2.37. The van der Waals surface area contributed by atoms with Gasteiger partial charge in [0.05, 0.1) is 5.92 Å². The first-order valence-corrected chi connectivity index (χ1v) is 14.8. The summed E-state index contributed by atoms with van der Waals surface area (Å²) in [4.78, 5) is 0. The van der Waals surface area contributed by atoms with Gasteiger partial charge in [-0.3, -0.25) is 0 Å². The highest BCUT2D eigenvalue weighted by Crippen LogP contribution is 2.44. The molecule has 3 aromatic carbocycles. The molecule has 0 aliphatic heterocycles. The Morgan fingerprint density at radius 2 is 1.22 bits per heavy atom. The van der Waals surface area contributed by atoms with Gasteiger partial charge in [0.25, 0.3) is 0 Å². The Morgan fingerprint density at radius 1 is 0.683 bits per heavy atom. The molecule has 41 heavy (non-hydrogen) atoms. The van der Waals surface area contributed by atoms with E-state index in [1.807, 2.05) is 0 Å². The highest BCUT2D eigenvalue weighted by Gasteiger charge is 2.44. The highest BCUT2D eigenvalue weighted by atomic mass is 19.3. The van der Waals surface area contributed by atoms with Gasteiger partial charge >= 0.3 is 6.11 Å². The third-order valence-electron chi connectivity index (χ3n) is 9.11. The Balaban J connectivity index is 1.16. The fourth-order valence-electron chi connectivity index (χ4n) is 6.74. The molecule has 2 fully saturated rings. The van der Waals surface area contributed by atoms with E-state index >= 15 is 8.78 Å². The van der Waals surface area contributed by atoms with Crippen LogP contribution in [0.5, 0.6) is 5.75 Å². The van der Waals surface area contributed by atoms with Crippen molar-refractivity contribution in [2.24, 2.45) is 11.8 Å². The molecule has 0 unspecified atom stereocenters. The molecular weight excluding hydrogens is 538 g/mol. The summed E-state index contributed by atoms with van der Waals surface area (Å²) in [5, 5.41) is 0. The number of ether oxygens (including phenoxy) is 1. The molecule has 0 amide bonds.